The summed E-state index contributed by atoms with van der Waals surface area (Å²) in [5, 5.41) is 10.8. The molecule has 0 saturated heterocycles. The van der Waals surface area contributed by atoms with Crippen LogP contribution in [0.2, 0.25) is 0 Å². The lowest BCUT2D eigenvalue weighted by Gasteiger charge is -2.18. The Hall–Kier alpha value is -2.49. The van der Waals surface area contributed by atoms with Crippen LogP contribution in [0.15, 0.2) is 42.5 Å². The number of hydrogen-bond acceptors (Lipinski definition) is 3. The minimum atomic E-state index is -0.744. The Labute approximate surface area is 172 Å². The van der Waals surface area contributed by atoms with Crippen molar-refractivity contribution in [2.45, 2.75) is 64.2 Å². The van der Waals surface area contributed by atoms with Crippen molar-refractivity contribution in [3.63, 3.8) is 0 Å². The Balaban J connectivity index is 1.50. The fourth-order valence-corrected chi connectivity index (χ4v) is 4.63. The molecule has 1 saturated carbocycles. The van der Waals surface area contributed by atoms with Gasteiger partial charge in [-0.1, -0.05) is 61.7 Å². The van der Waals surface area contributed by atoms with Gasteiger partial charge in [-0.15, -0.1) is 0 Å². The maximum atomic E-state index is 12.9. The van der Waals surface area contributed by atoms with Crippen LogP contribution >= 0.6 is 0 Å². The van der Waals surface area contributed by atoms with Crippen LogP contribution in [0.25, 0.3) is 10.8 Å². The van der Waals surface area contributed by atoms with Crippen LogP contribution in [-0.4, -0.2) is 22.6 Å². The average molecular weight is 395 g/mol. The van der Waals surface area contributed by atoms with Gasteiger partial charge in [-0.05, 0) is 42.4 Å². The molecule has 1 aliphatic carbocycles. The first kappa shape index (κ1) is 21.2. The molecule has 0 radical (unpaired) electrons. The Morgan fingerprint density at radius 1 is 0.897 bits per heavy atom. The van der Waals surface area contributed by atoms with Crippen molar-refractivity contribution in [1.82, 2.24) is 0 Å². The molecule has 154 valence electrons. The molecule has 2 aromatic carbocycles. The summed E-state index contributed by atoms with van der Waals surface area (Å²) in [7, 11) is 0. The Bertz CT molecular complexity index is 865. The second-order valence-electron chi connectivity index (χ2n) is 8.21. The van der Waals surface area contributed by atoms with Gasteiger partial charge in [-0.2, -0.15) is 0 Å². The highest BCUT2D eigenvalue weighted by Crippen LogP contribution is 2.36. The van der Waals surface area contributed by atoms with Gasteiger partial charge in [-0.25, -0.2) is 0 Å². The molecule has 1 N–H and O–H groups in total. The molecule has 0 amide bonds. The van der Waals surface area contributed by atoms with Gasteiger partial charge in [-0.3, -0.25) is 14.4 Å². The van der Waals surface area contributed by atoms with Crippen molar-refractivity contribution in [2.75, 3.05) is 0 Å². The highest BCUT2D eigenvalue weighted by Gasteiger charge is 2.34. The fourth-order valence-electron chi connectivity index (χ4n) is 4.63. The molecule has 0 bridgehead atoms. The van der Waals surface area contributed by atoms with E-state index in [1.165, 1.54) is 0 Å². The monoisotopic (exact) mass is 394 g/mol. The number of ketones is 2. The van der Waals surface area contributed by atoms with E-state index in [-0.39, 0.29) is 18.1 Å². The summed E-state index contributed by atoms with van der Waals surface area (Å²) >= 11 is 0. The molecule has 4 nitrogen and oxygen atoms in total. The fraction of sp³-hybridized carbons (Fsp3) is 0.480. The molecule has 4 heteroatoms. The SMILES string of the molecule is O=C(O)CCCCCC[C@@H]1C(=O)CC[C@H]1CCC(=O)c1cccc2ccccc12. The second kappa shape index (κ2) is 10.3. The Morgan fingerprint density at radius 3 is 2.48 bits per heavy atom. The number of Topliss-reactive ketones (excluding diaryl/α,β-unsaturated/α-hetero) is 2. The zero-order valence-electron chi connectivity index (χ0n) is 16.9. The molecule has 0 unspecified atom stereocenters. The first-order chi connectivity index (χ1) is 14.1. The molecule has 0 aromatic heterocycles. The molecule has 1 fully saturated rings. The van der Waals surface area contributed by atoms with E-state index in [4.69, 9.17) is 5.11 Å². The number of benzene rings is 2. The van der Waals surface area contributed by atoms with Crippen LogP contribution in [0.1, 0.15) is 74.6 Å². The molecular weight excluding hydrogens is 364 g/mol. The van der Waals surface area contributed by atoms with Gasteiger partial charge in [0.1, 0.15) is 5.78 Å². The third kappa shape index (κ3) is 5.75. The standard InChI is InChI=1S/C25H30O4/c26-23-16-14-19(21(23)11-3-1-2-4-13-25(28)29)15-17-24(27)22-12-7-9-18-8-5-6-10-20(18)22/h5-10,12,19,21H,1-4,11,13-17H2,(H,28,29)/t19-,21-/m0/s1. The first-order valence-electron chi connectivity index (χ1n) is 10.8. The maximum absolute atomic E-state index is 12.9. The second-order valence-corrected chi connectivity index (χ2v) is 8.21. The van der Waals surface area contributed by atoms with Crippen molar-refractivity contribution >= 4 is 28.3 Å². The van der Waals surface area contributed by atoms with Crippen LogP contribution in [-0.2, 0) is 9.59 Å². The van der Waals surface area contributed by atoms with Crippen molar-refractivity contribution in [1.29, 1.82) is 0 Å². The molecule has 1 aliphatic rings. The third-order valence-electron chi connectivity index (χ3n) is 6.23. The largest absolute Gasteiger partial charge is 0.481 e. The number of fused-ring (bicyclic) bond motifs is 1. The normalized spacial score (nSPS) is 19.0. The van der Waals surface area contributed by atoms with E-state index in [1.54, 1.807) is 0 Å². The van der Waals surface area contributed by atoms with Crippen LogP contribution in [0.3, 0.4) is 0 Å². The van der Waals surface area contributed by atoms with E-state index in [1.807, 2.05) is 42.5 Å². The number of carbonyl (C=O) groups is 3. The molecule has 0 spiro atoms. The molecule has 29 heavy (non-hydrogen) atoms. The van der Waals surface area contributed by atoms with Crippen LogP contribution in [0.5, 0.6) is 0 Å². The van der Waals surface area contributed by atoms with Gasteiger partial charge < -0.3 is 5.11 Å². The zero-order valence-corrected chi connectivity index (χ0v) is 16.9. The van der Waals surface area contributed by atoms with E-state index in [0.29, 0.717) is 31.0 Å². The van der Waals surface area contributed by atoms with Gasteiger partial charge in [0.25, 0.3) is 0 Å². The Morgan fingerprint density at radius 2 is 1.66 bits per heavy atom. The van der Waals surface area contributed by atoms with E-state index < -0.39 is 5.97 Å². The van der Waals surface area contributed by atoms with Crippen LogP contribution < -0.4 is 0 Å². The molecule has 0 heterocycles. The van der Waals surface area contributed by atoms with Crippen molar-refractivity contribution in [3.8, 4) is 0 Å². The zero-order chi connectivity index (χ0) is 20.6. The smallest absolute Gasteiger partial charge is 0.303 e. The molecule has 2 aromatic rings. The third-order valence-corrected chi connectivity index (χ3v) is 6.23. The first-order valence-corrected chi connectivity index (χ1v) is 10.8. The number of aliphatic carboxylic acids is 1. The predicted octanol–water partition coefficient (Wildman–Crippen LogP) is 5.82. The number of carboxylic acid groups (broad SMARTS) is 1. The Kier molecular flexibility index (Phi) is 7.56. The topological polar surface area (TPSA) is 71.4 Å². The van der Waals surface area contributed by atoms with E-state index in [9.17, 15) is 14.4 Å². The molecular formula is C25H30O4. The average Bonchev–Trinajstić information content (AvgIpc) is 3.07. The summed E-state index contributed by atoms with van der Waals surface area (Å²) in [4.78, 5) is 35.7. The maximum Gasteiger partial charge on any atom is 0.303 e. The van der Waals surface area contributed by atoms with Crippen molar-refractivity contribution in [3.05, 3.63) is 48.0 Å². The van der Waals surface area contributed by atoms with E-state index >= 15 is 0 Å². The number of carboxylic acids is 1. The van der Waals surface area contributed by atoms with Crippen molar-refractivity contribution < 1.29 is 19.5 Å². The van der Waals surface area contributed by atoms with Gasteiger partial charge in [0.05, 0.1) is 0 Å². The minimum Gasteiger partial charge on any atom is -0.481 e. The lowest BCUT2D eigenvalue weighted by atomic mass is 9.85. The summed E-state index contributed by atoms with van der Waals surface area (Å²) in [5.74, 6) is 0.147. The lowest BCUT2D eigenvalue weighted by Crippen LogP contribution is -2.16. The van der Waals surface area contributed by atoms with Gasteiger partial charge in [0.15, 0.2) is 5.78 Å². The predicted molar refractivity (Wildman–Crippen MR) is 114 cm³/mol. The summed E-state index contributed by atoms with van der Waals surface area (Å²) in [5.41, 5.74) is 0.780. The molecule has 0 aliphatic heterocycles. The minimum absolute atomic E-state index is 0.0785. The van der Waals surface area contributed by atoms with Gasteiger partial charge >= 0.3 is 5.97 Å². The van der Waals surface area contributed by atoms with Crippen LogP contribution in [0, 0.1) is 11.8 Å². The van der Waals surface area contributed by atoms with E-state index in [2.05, 4.69) is 0 Å². The summed E-state index contributed by atoms with van der Waals surface area (Å²) in [6, 6.07) is 13.8. The quantitative estimate of drug-likeness (QED) is 0.385. The highest BCUT2D eigenvalue weighted by molar-refractivity contribution is 6.08. The molecule has 2 atom stereocenters. The summed E-state index contributed by atoms with van der Waals surface area (Å²) in [6.45, 7) is 0. The summed E-state index contributed by atoms with van der Waals surface area (Å²) in [6.07, 6.45) is 7.43. The van der Waals surface area contributed by atoms with Crippen LogP contribution in [0.4, 0.5) is 0 Å². The van der Waals surface area contributed by atoms with Crippen molar-refractivity contribution in [2.24, 2.45) is 11.8 Å². The highest BCUT2D eigenvalue weighted by atomic mass is 16.4. The van der Waals surface area contributed by atoms with Gasteiger partial charge in [0.2, 0.25) is 0 Å². The lowest BCUT2D eigenvalue weighted by molar-refractivity contribution is -0.137. The number of rotatable bonds is 11. The number of carbonyl (C=O) groups excluding carboxylic acids is 2. The van der Waals surface area contributed by atoms with E-state index in [0.717, 1.165) is 54.9 Å². The number of unbranched alkanes of at least 4 members (excludes halogenated alkanes) is 3. The van der Waals surface area contributed by atoms with Gasteiger partial charge in [0, 0.05) is 30.7 Å². The molecule has 3 rings (SSSR count). The summed E-state index contributed by atoms with van der Waals surface area (Å²) < 4.78 is 0. The number of hydrogen-bond donors (Lipinski definition) is 1.